The van der Waals surface area contributed by atoms with Crippen LogP contribution >= 0.6 is 11.8 Å². The normalized spacial score (nSPS) is 26.0. The zero-order valence-corrected chi connectivity index (χ0v) is 12.1. The average molecular weight is 285 g/mol. The quantitative estimate of drug-likeness (QED) is 0.814. The number of carbonyl (C=O) groups excluding carboxylic acids is 1. The Morgan fingerprint density at radius 2 is 1.95 bits per heavy atom. The lowest BCUT2D eigenvalue weighted by atomic mass is 9.71. The summed E-state index contributed by atoms with van der Waals surface area (Å²) in [5, 5.41) is 12.2. The lowest BCUT2D eigenvalue weighted by molar-refractivity contribution is -0.140. The molecule has 0 bridgehead atoms. The van der Waals surface area contributed by atoms with E-state index in [9.17, 15) is 9.59 Å². The predicted molar refractivity (Wildman–Crippen MR) is 76.3 cm³/mol. The van der Waals surface area contributed by atoms with E-state index in [-0.39, 0.29) is 23.0 Å². The minimum atomic E-state index is -0.744. The highest BCUT2D eigenvalue weighted by Crippen LogP contribution is 2.39. The number of rotatable bonds is 5. The van der Waals surface area contributed by atoms with E-state index in [1.165, 1.54) is 6.42 Å². The molecule has 1 saturated carbocycles. The zero-order chi connectivity index (χ0) is 13.7. The molecule has 1 aliphatic heterocycles. The summed E-state index contributed by atoms with van der Waals surface area (Å²) in [6.45, 7) is 0.537. The van der Waals surface area contributed by atoms with Gasteiger partial charge < -0.3 is 10.4 Å². The number of hydrogen-bond donors (Lipinski definition) is 2. The first-order valence-electron chi connectivity index (χ1n) is 7.22. The highest BCUT2D eigenvalue weighted by atomic mass is 32.2. The van der Waals surface area contributed by atoms with Gasteiger partial charge in [-0.3, -0.25) is 9.59 Å². The van der Waals surface area contributed by atoms with Gasteiger partial charge in [-0.15, -0.1) is 11.8 Å². The molecule has 2 rings (SSSR count). The van der Waals surface area contributed by atoms with Crippen LogP contribution in [0, 0.1) is 5.41 Å². The van der Waals surface area contributed by atoms with E-state index >= 15 is 0 Å². The molecule has 1 aliphatic carbocycles. The Kier molecular flexibility index (Phi) is 5.13. The van der Waals surface area contributed by atoms with Crippen molar-refractivity contribution in [2.45, 2.75) is 56.6 Å². The first-order valence-corrected chi connectivity index (χ1v) is 8.27. The summed E-state index contributed by atoms with van der Waals surface area (Å²) in [6, 6.07) is 0. The number of amides is 1. The molecule has 0 aromatic heterocycles. The Morgan fingerprint density at radius 3 is 2.53 bits per heavy atom. The van der Waals surface area contributed by atoms with E-state index in [4.69, 9.17) is 5.11 Å². The lowest BCUT2D eigenvalue weighted by Crippen LogP contribution is -2.42. The van der Waals surface area contributed by atoms with E-state index in [0.29, 0.717) is 6.54 Å². The molecule has 0 radical (unpaired) electrons. The standard InChI is InChI=1S/C14H23NO3S/c16-12(17)9-14(6-2-1-3-7-14)10-15-13(18)11-5-4-8-19-11/h11H,1-10H2,(H,15,18)(H,16,17). The largest absolute Gasteiger partial charge is 0.481 e. The molecular formula is C14H23NO3S. The molecule has 0 aromatic rings. The smallest absolute Gasteiger partial charge is 0.303 e. The van der Waals surface area contributed by atoms with Crippen molar-refractivity contribution < 1.29 is 14.7 Å². The van der Waals surface area contributed by atoms with Crippen LogP contribution in [0.3, 0.4) is 0 Å². The Labute approximate surface area is 118 Å². The van der Waals surface area contributed by atoms with Crippen LogP contribution in [0.15, 0.2) is 0 Å². The zero-order valence-electron chi connectivity index (χ0n) is 11.3. The van der Waals surface area contributed by atoms with Crippen LogP contribution in [-0.4, -0.2) is 34.5 Å². The monoisotopic (exact) mass is 285 g/mol. The van der Waals surface area contributed by atoms with E-state index in [0.717, 1.165) is 44.3 Å². The predicted octanol–water partition coefficient (Wildman–Crippen LogP) is 2.42. The lowest BCUT2D eigenvalue weighted by Gasteiger charge is -2.36. The summed E-state index contributed by atoms with van der Waals surface area (Å²) in [5.74, 6) is 0.433. The van der Waals surface area contributed by atoms with Gasteiger partial charge in [-0.1, -0.05) is 19.3 Å². The van der Waals surface area contributed by atoms with E-state index < -0.39 is 5.97 Å². The minimum Gasteiger partial charge on any atom is -0.481 e. The first kappa shape index (κ1) is 14.7. The molecule has 2 fully saturated rings. The maximum Gasteiger partial charge on any atom is 0.303 e. The summed E-state index contributed by atoms with van der Waals surface area (Å²) in [5.41, 5.74) is -0.205. The third kappa shape index (κ3) is 4.13. The van der Waals surface area contributed by atoms with Crippen LogP contribution in [0.4, 0.5) is 0 Å². The van der Waals surface area contributed by atoms with Gasteiger partial charge in [0, 0.05) is 6.54 Å². The third-order valence-electron chi connectivity index (χ3n) is 4.30. The maximum absolute atomic E-state index is 12.0. The first-order chi connectivity index (χ1) is 9.11. The fraction of sp³-hybridized carbons (Fsp3) is 0.857. The van der Waals surface area contributed by atoms with Crippen molar-refractivity contribution in [2.24, 2.45) is 5.41 Å². The molecule has 4 nitrogen and oxygen atoms in total. The van der Waals surface area contributed by atoms with E-state index in [2.05, 4.69) is 5.32 Å². The van der Waals surface area contributed by atoms with Crippen molar-refractivity contribution in [3.63, 3.8) is 0 Å². The van der Waals surface area contributed by atoms with Gasteiger partial charge in [0.2, 0.25) is 5.91 Å². The number of nitrogens with one attached hydrogen (secondary N) is 1. The van der Waals surface area contributed by atoms with Crippen LogP contribution in [0.5, 0.6) is 0 Å². The summed E-state index contributed by atoms with van der Waals surface area (Å²) in [7, 11) is 0. The van der Waals surface area contributed by atoms with Crippen molar-refractivity contribution in [3.8, 4) is 0 Å². The molecule has 1 heterocycles. The van der Waals surface area contributed by atoms with Crippen LogP contribution in [0.2, 0.25) is 0 Å². The average Bonchev–Trinajstić information content (AvgIpc) is 2.90. The Bertz CT molecular complexity index is 334. The SMILES string of the molecule is O=C(O)CC1(CNC(=O)C2CCCS2)CCCCC1. The second-order valence-corrected chi connectivity index (χ2v) is 7.16. The van der Waals surface area contributed by atoms with Crippen LogP contribution in [0.1, 0.15) is 51.4 Å². The van der Waals surface area contributed by atoms with Crippen molar-refractivity contribution >= 4 is 23.6 Å². The van der Waals surface area contributed by atoms with Gasteiger partial charge in [-0.25, -0.2) is 0 Å². The highest BCUT2D eigenvalue weighted by Gasteiger charge is 2.35. The molecular weight excluding hydrogens is 262 g/mol. The fourth-order valence-electron chi connectivity index (χ4n) is 3.21. The number of carboxylic acids is 1. The van der Waals surface area contributed by atoms with Crippen LogP contribution in [0.25, 0.3) is 0 Å². The van der Waals surface area contributed by atoms with Gasteiger partial charge in [0.25, 0.3) is 0 Å². The molecule has 1 atom stereocenters. The molecule has 5 heteroatoms. The molecule has 1 amide bonds. The molecule has 2 N–H and O–H groups in total. The number of thioether (sulfide) groups is 1. The van der Waals surface area contributed by atoms with Crippen molar-refractivity contribution in [2.75, 3.05) is 12.3 Å². The Hall–Kier alpha value is -0.710. The Balaban J connectivity index is 1.88. The van der Waals surface area contributed by atoms with Gasteiger partial charge in [0.15, 0.2) is 0 Å². The third-order valence-corrected chi connectivity index (χ3v) is 5.68. The fourth-order valence-corrected chi connectivity index (χ4v) is 4.40. The molecule has 2 aliphatic rings. The van der Waals surface area contributed by atoms with Crippen molar-refractivity contribution in [1.29, 1.82) is 0 Å². The molecule has 1 saturated heterocycles. The molecule has 1 unspecified atom stereocenters. The van der Waals surface area contributed by atoms with Gasteiger partial charge in [-0.2, -0.15) is 0 Å². The van der Waals surface area contributed by atoms with Crippen molar-refractivity contribution in [3.05, 3.63) is 0 Å². The maximum atomic E-state index is 12.0. The summed E-state index contributed by atoms with van der Waals surface area (Å²) in [4.78, 5) is 23.1. The van der Waals surface area contributed by atoms with Crippen molar-refractivity contribution in [1.82, 2.24) is 5.32 Å². The topological polar surface area (TPSA) is 66.4 Å². The highest BCUT2D eigenvalue weighted by molar-refractivity contribution is 8.00. The van der Waals surface area contributed by atoms with Gasteiger partial charge >= 0.3 is 5.97 Å². The molecule has 0 spiro atoms. The molecule has 0 aromatic carbocycles. The number of carbonyl (C=O) groups is 2. The van der Waals surface area contributed by atoms with Crippen LogP contribution in [-0.2, 0) is 9.59 Å². The summed E-state index contributed by atoms with van der Waals surface area (Å²) in [6.07, 6.45) is 7.47. The van der Waals surface area contributed by atoms with Gasteiger partial charge in [0.1, 0.15) is 0 Å². The van der Waals surface area contributed by atoms with E-state index in [1.54, 1.807) is 11.8 Å². The summed E-state index contributed by atoms with van der Waals surface area (Å²) < 4.78 is 0. The van der Waals surface area contributed by atoms with Crippen LogP contribution < -0.4 is 5.32 Å². The Morgan fingerprint density at radius 1 is 1.21 bits per heavy atom. The van der Waals surface area contributed by atoms with Gasteiger partial charge in [-0.05, 0) is 36.9 Å². The molecule has 108 valence electrons. The van der Waals surface area contributed by atoms with E-state index in [1.807, 2.05) is 0 Å². The number of aliphatic carboxylic acids is 1. The van der Waals surface area contributed by atoms with Gasteiger partial charge in [0.05, 0.1) is 11.7 Å². The summed E-state index contributed by atoms with van der Waals surface area (Å²) >= 11 is 1.72. The number of hydrogen-bond acceptors (Lipinski definition) is 3. The second kappa shape index (κ2) is 6.64. The second-order valence-electron chi connectivity index (χ2n) is 5.85. The molecule has 19 heavy (non-hydrogen) atoms. The number of carboxylic acid groups (broad SMARTS) is 1. The minimum absolute atomic E-state index is 0.0884.